The van der Waals surface area contributed by atoms with E-state index in [1.54, 1.807) is 0 Å². The minimum absolute atomic E-state index is 0.221. The van der Waals surface area contributed by atoms with E-state index in [-0.39, 0.29) is 5.92 Å². The Labute approximate surface area is 70.5 Å². The van der Waals surface area contributed by atoms with E-state index in [4.69, 9.17) is 0 Å². The zero-order valence-corrected chi connectivity index (χ0v) is 8.76. The van der Waals surface area contributed by atoms with Gasteiger partial charge in [0.1, 0.15) is 6.29 Å². The molecule has 0 N–H and O–H groups in total. The van der Waals surface area contributed by atoms with Crippen LogP contribution in [0.4, 0.5) is 0 Å². The molecule has 1 atom stereocenters. The van der Waals surface area contributed by atoms with Crippen LogP contribution < -0.4 is 0 Å². The number of hydrogen-bond donors (Lipinski definition) is 0. The van der Waals surface area contributed by atoms with Crippen molar-refractivity contribution < 1.29 is 4.79 Å². The Bertz CT molecular complexity index is 135. The predicted molar refractivity (Wildman–Crippen MR) is 52.5 cm³/mol. The standard InChI is InChI=1S/C9H18OSi/c1-5-6-9(7-10)8-11(2,3)4/h5,7,9H,1,6,8H2,2-4H3/t9-/m0/s1. The summed E-state index contributed by atoms with van der Waals surface area (Å²) >= 11 is 0. The van der Waals surface area contributed by atoms with Crippen molar-refractivity contribution in [2.24, 2.45) is 5.92 Å². The van der Waals surface area contributed by atoms with Crippen molar-refractivity contribution in [3.63, 3.8) is 0 Å². The Morgan fingerprint density at radius 2 is 2.00 bits per heavy atom. The highest BCUT2D eigenvalue weighted by molar-refractivity contribution is 6.76. The maximum atomic E-state index is 10.5. The molecule has 1 nitrogen and oxygen atoms in total. The zero-order valence-electron chi connectivity index (χ0n) is 7.76. The van der Waals surface area contributed by atoms with E-state index in [2.05, 4.69) is 26.2 Å². The lowest BCUT2D eigenvalue weighted by atomic mass is 10.1. The van der Waals surface area contributed by atoms with Gasteiger partial charge in [0.05, 0.1) is 0 Å². The van der Waals surface area contributed by atoms with Gasteiger partial charge in [-0.3, -0.25) is 0 Å². The summed E-state index contributed by atoms with van der Waals surface area (Å²) in [7, 11) is -1.06. The first kappa shape index (κ1) is 10.6. The van der Waals surface area contributed by atoms with Gasteiger partial charge in [-0.2, -0.15) is 0 Å². The lowest BCUT2D eigenvalue weighted by Gasteiger charge is -2.19. The lowest BCUT2D eigenvalue weighted by Crippen LogP contribution is -2.24. The van der Waals surface area contributed by atoms with E-state index in [0.29, 0.717) is 0 Å². The Kier molecular flexibility index (Phi) is 4.34. The Morgan fingerprint density at radius 3 is 2.27 bits per heavy atom. The number of hydrogen-bond acceptors (Lipinski definition) is 1. The molecule has 0 saturated carbocycles. The van der Waals surface area contributed by atoms with Gasteiger partial charge in [0, 0.05) is 14.0 Å². The minimum Gasteiger partial charge on any atom is -0.303 e. The maximum Gasteiger partial charge on any atom is 0.123 e. The van der Waals surface area contributed by atoms with Crippen molar-refractivity contribution in [2.45, 2.75) is 32.1 Å². The van der Waals surface area contributed by atoms with Crippen LogP contribution >= 0.6 is 0 Å². The van der Waals surface area contributed by atoms with E-state index in [9.17, 15) is 4.79 Å². The van der Waals surface area contributed by atoms with Crippen molar-refractivity contribution in [2.75, 3.05) is 0 Å². The Hall–Kier alpha value is -0.373. The van der Waals surface area contributed by atoms with Crippen molar-refractivity contribution in [1.29, 1.82) is 0 Å². The number of carbonyl (C=O) groups excluding carboxylic acids is 1. The molecule has 0 aromatic heterocycles. The van der Waals surface area contributed by atoms with Gasteiger partial charge < -0.3 is 4.79 Å². The van der Waals surface area contributed by atoms with Crippen molar-refractivity contribution in [3.05, 3.63) is 12.7 Å². The highest BCUT2D eigenvalue weighted by atomic mass is 28.3. The first-order valence-electron chi connectivity index (χ1n) is 4.06. The van der Waals surface area contributed by atoms with Crippen molar-refractivity contribution in [1.82, 2.24) is 0 Å². The summed E-state index contributed by atoms with van der Waals surface area (Å²) in [5.41, 5.74) is 0. The second-order valence-electron chi connectivity index (χ2n) is 4.19. The van der Waals surface area contributed by atoms with Gasteiger partial charge in [-0.1, -0.05) is 25.7 Å². The lowest BCUT2D eigenvalue weighted by molar-refractivity contribution is -0.110. The van der Waals surface area contributed by atoms with Gasteiger partial charge in [0.15, 0.2) is 0 Å². The topological polar surface area (TPSA) is 17.1 Å². The van der Waals surface area contributed by atoms with Gasteiger partial charge in [-0.05, 0) is 12.5 Å². The fourth-order valence-electron chi connectivity index (χ4n) is 1.19. The molecule has 0 aromatic carbocycles. The Balaban J connectivity index is 3.87. The molecular weight excluding hydrogens is 152 g/mol. The molecular formula is C9H18OSi. The second-order valence-corrected chi connectivity index (χ2v) is 9.71. The summed E-state index contributed by atoms with van der Waals surface area (Å²) in [6.07, 6.45) is 3.74. The van der Waals surface area contributed by atoms with Crippen LogP contribution in [0.15, 0.2) is 12.7 Å². The van der Waals surface area contributed by atoms with Crippen LogP contribution in [0.3, 0.4) is 0 Å². The molecule has 64 valence electrons. The molecule has 0 heterocycles. The van der Waals surface area contributed by atoms with Crippen LogP contribution in [0, 0.1) is 5.92 Å². The van der Waals surface area contributed by atoms with Crippen molar-refractivity contribution >= 4 is 14.4 Å². The van der Waals surface area contributed by atoms with Crippen LogP contribution in [-0.4, -0.2) is 14.4 Å². The van der Waals surface area contributed by atoms with Gasteiger partial charge >= 0.3 is 0 Å². The maximum absolute atomic E-state index is 10.5. The highest BCUT2D eigenvalue weighted by Gasteiger charge is 2.18. The highest BCUT2D eigenvalue weighted by Crippen LogP contribution is 2.17. The smallest absolute Gasteiger partial charge is 0.123 e. The molecule has 0 bridgehead atoms. The predicted octanol–water partition coefficient (Wildman–Crippen LogP) is 2.72. The number of rotatable bonds is 5. The van der Waals surface area contributed by atoms with Crippen LogP contribution in [0.25, 0.3) is 0 Å². The molecule has 0 unspecified atom stereocenters. The van der Waals surface area contributed by atoms with Crippen LogP contribution in [-0.2, 0) is 4.79 Å². The Morgan fingerprint density at radius 1 is 1.45 bits per heavy atom. The molecule has 0 amide bonds. The van der Waals surface area contributed by atoms with E-state index in [1.807, 2.05) is 6.08 Å². The SMILES string of the molecule is C=CC[C@@H](C=O)C[Si](C)(C)C. The molecule has 0 saturated heterocycles. The molecule has 0 aliphatic heterocycles. The van der Waals surface area contributed by atoms with E-state index in [0.717, 1.165) is 18.8 Å². The molecule has 0 rings (SSSR count). The van der Waals surface area contributed by atoms with Crippen molar-refractivity contribution in [3.8, 4) is 0 Å². The van der Waals surface area contributed by atoms with E-state index in [1.165, 1.54) is 0 Å². The number of allylic oxidation sites excluding steroid dienone is 1. The van der Waals surface area contributed by atoms with Crippen LogP contribution in [0.5, 0.6) is 0 Å². The fourth-order valence-corrected chi connectivity index (χ4v) is 3.02. The van der Waals surface area contributed by atoms with E-state index < -0.39 is 8.07 Å². The summed E-state index contributed by atoms with van der Waals surface area (Å²) in [5.74, 6) is 0.221. The molecule has 2 heteroatoms. The van der Waals surface area contributed by atoms with Crippen LogP contribution in [0.1, 0.15) is 6.42 Å². The largest absolute Gasteiger partial charge is 0.303 e. The van der Waals surface area contributed by atoms with Gasteiger partial charge in [-0.25, -0.2) is 0 Å². The summed E-state index contributed by atoms with van der Waals surface area (Å²) in [4.78, 5) is 10.5. The average Bonchev–Trinajstić information content (AvgIpc) is 1.84. The van der Waals surface area contributed by atoms with Gasteiger partial charge in [0.25, 0.3) is 0 Å². The summed E-state index contributed by atoms with van der Waals surface area (Å²) in [5, 5.41) is 0. The molecule has 0 spiro atoms. The molecule has 0 aliphatic rings. The third-order valence-corrected chi connectivity index (χ3v) is 3.29. The first-order valence-corrected chi connectivity index (χ1v) is 7.76. The fraction of sp³-hybridized carbons (Fsp3) is 0.667. The second kappa shape index (κ2) is 4.49. The third-order valence-electron chi connectivity index (χ3n) is 1.54. The van der Waals surface area contributed by atoms with E-state index >= 15 is 0 Å². The number of carbonyl (C=O) groups is 1. The molecule has 0 fully saturated rings. The molecule has 0 aliphatic carbocycles. The monoisotopic (exact) mass is 170 g/mol. The quantitative estimate of drug-likeness (QED) is 0.352. The minimum atomic E-state index is -1.06. The molecule has 0 radical (unpaired) electrons. The van der Waals surface area contributed by atoms with Gasteiger partial charge in [0.2, 0.25) is 0 Å². The first-order chi connectivity index (χ1) is 4.99. The molecule has 0 aromatic rings. The normalized spacial score (nSPS) is 14.1. The summed E-state index contributed by atoms with van der Waals surface area (Å²) < 4.78 is 0. The van der Waals surface area contributed by atoms with Crippen LogP contribution in [0.2, 0.25) is 25.7 Å². The summed E-state index contributed by atoms with van der Waals surface area (Å²) in [6.45, 7) is 10.5. The summed E-state index contributed by atoms with van der Waals surface area (Å²) in [6, 6.07) is 1.09. The third kappa shape index (κ3) is 6.04. The average molecular weight is 170 g/mol. The zero-order chi connectivity index (χ0) is 8.91. The number of aldehydes is 1. The molecule has 11 heavy (non-hydrogen) atoms. The van der Waals surface area contributed by atoms with Gasteiger partial charge in [-0.15, -0.1) is 6.58 Å².